The minimum absolute atomic E-state index is 0.269. The fraction of sp³-hybridized carbons (Fsp3) is 0.136. The van der Waals surface area contributed by atoms with Crippen LogP contribution >= 0.6 is 23.6 Å². The first-order valence-electron chi connectivity index (χ1n) is 9.44. The van der Waals surface area contributed by atoms with Gasteiger partial charge in [0, 0.05) is 22.7 Å². The number of nitrogens with one attached hydrogen (secondary N) is 2. The van der Waals surface area contributed by atoms with Gasteiger partial charge in [-0.2, -0.15) is 0 Å². The zero-order valence-electron chi connectivity index (χ0n) is 16.1. The molecule has 152 valence electrons. The highest BCUT2D eigenvalue weighted by Gasteiger charge is 2.28. The van der Waals surface area contributed by atoms with Crippen LogP contribution < -0.4 is 16.4 Å². The van der Waals surface area contributed by atoms with Crippen molar-refractivity contribution in [3.8, 4) is 0 Å². The summed E-state index contributed by atoms with van der Waals surface area (Å²) in [6.07, 6.45) is 0.627. The lowest BCUT2D eigenvalue weighted by Crippen LogP contribution is -2.38. The molecule has 0 unspecified atom stereocenters. The van der Waals surface area contributed by atoms with Crippen LogP contribution in [-0.2, 0) is 13.0 Å². The Labute approximate surface area is 183 Å². The van der Waals surface area contributed by atoms with Crippen LogP contribution in [-0.4, -0.2) is 28.4 Å². The molecule has 4 N–H and O–H groups in total. The Morgan fingerprint density at radius 3 is 2.33 bits per heavy atom. The highest BCUT2D eigenvalue weighted by atomic mass is 32.1. The third-order valence-corrected chi connectivity index (χ3v) is 6.37. The molecule has 8 heteroatoms. The van der Waals surface area contributed by atoms with Crippen molar-refractivity contribution in [3.63, 3.8) is 0 Å². The van der Waals surface area contributed by atoms with Gasteiger partial charge in [0.25, 0.3) is 11.8 Å². The number of thiocarbonyl (C=S) groups is 1. The van der Waals surface area contributed by atoms with E-state index >= 15 is 0 Å². The Morgan fingerprint density at radius 2 is 1.67 bits per heavy atom. The molecule has 0 saturated heterocycles. The Balaban J connectivity index is 1.54. The standard InChI is InChI=1S/C22H20N4O2S2/c23-19(27)18-16-11-12-26(22(29)24-15-9-5-2-6-10-15)13-17(16)30-21(18)25-20(28)14-7-3-1-4-8-14/h1-10H,11-13H2,(H2,23,27)(H,24,29)(H,25,28). The van der Waals surface area contributed by atoms with Crippen molar-refractivity contribution in [1.29, 1.82) is 0 Å². The van der Waals surface area contributed by atoms with Gasteiger partial charge in [0.05, 0.1) is 12.1 Å². The Kier molecular flexibility index (Phi) is 5.78. The molecule has 1 aliphatic rings. The van der Waals surface area contributed by atoms with E-state index in [1.165, 1.54) is 11.3 Å². The highest BCUT2D eigenvalue weighted by Crippen LogP contribution is 2.37. The lowest BCUT2D eigenvalue weighted by atomic mass is 10.0. The van der Waals surface area contributed by atoms with E-state index in [1.54, 1.807) is 24.3 Å². The summed E-state index contributed by atoms with van der Waals surface area (Å²) in [5, 5.41) is 7.21. The molecule has 4 rings (SSSR count). The third-order valence-electron chi connectivity index (χ3n) is 4.88. The number of para-hydroxylation sites is 1. The van der Waals surface area contributed by atoms with E-state index in [-0.39, 0.29) is 5.91 Å². The largest absolute Gasteiger partial charge is 0.365 e. The first-order chi connectivity index (χ1) is 14.5. The molecule has 0 fully saturated rings. The average molecular weight is 437 g/mol. The number of primary amides is 1. The lowest BCUT2D eigenvalue weighted by Gasteiger charge is -2.29. The Bertz CT molecular complexity index is 1100. The number of fused-ring (bicyclic) bond motifs is 1. The molecule has 0 bridgehead atoms. The van der Waals surface area contributed by atoms with E-state index in [1.807, 2.05) is 36.4 Å². The highest BCUT2D eigenvalue weighted by molar-refractivity contribution is 7.80. The van der Waals surface area contributed by atoms with Crippen LogP contribution in [0.15, 0.2) is 60.7 Å². The average Bonchev–Trinajstić information content (AvgIpc) is 3.12. The van der Waals surface area contributed by atoms with Crippen LogP contribution in [0.2, 0.25) is 0 Å². The Morgan fingerprint density at radius 1 is 1.00 bits per heavy atom. The molecule has 2 heterocycles. The Hall–Kier alpha value is -3.23. The minimum atomic E-state index is -0.533. The number of anilines is 2. The lowest BCUT2D eigenvalue weighted by molar-refractivity contribution is 0.1000. The van der Waals surface area contributed by atoms with Gasteiger partial charge in [-0.3, -0.25) is 9.59 Å². The number of amides is 2. The monoisotopic (exact) mass is 436 g/mol. The summed E-state index contributed by atoms with van der Waals surface area (Å²) in [5.74, 6) is -0.802. The number of carbonyl (C=O) groups is 2. The van der Waals surface area contributed by atoms with Crippen molar-refractivity contribution < 1.29 is 9.59 Å². The van der Waals surface area contributed by atoms with Crippen LogP contribution in [0.4, 0.5) is 10.7 Å². The normalized spacial score (nSPS) is 12.7. The predicted octanol–water partition coefficient (Wildman–Crippen LogP) is 3.85. The second-order valence-corrected chi connectivity index (χ2v) is 8.35. The molecule has 2 amide bonds. The summed E-state index contributed by atoms with van der Waals surface area (Å²) in [5.41, 5.74) is 8.41. The number of nitrogens with two attached hydrogens (primary N) is 1. The van der Waals surface area contributed by atoms with Gasteiger partial charge < -0.3 is 21.3 Å². The molecule has 3 aromatic rings. The van der Waals surface area contributed by atoms with Crippen LogP contribution in [0.5, 0.6) is 0 Å². The number of nitrogens with zero attached hydrogens (tertiary/aromatic N) is 1. The van der Waals surface area contributed by atoms with Gasteiger partial charge in [-0.1, -0.05) is 36.4 Å². The van der Waals surface area contributed by atoms with E-state index in [0.29, 0.717) is 40.8 Å². The fourth-order valence-corrected chi connectivity index (χ4v) is 4.95. The smallest absolute Gasteiger partial charge is 0.256 e. The number of rotatable bonds is 4. The van der Waals surface area contributed by atoms with Gasteiger partial charge >= 0.3 is 0 Å². The first kappa shape index (κ1) is 20.1. The van der Waals surface area contributed by atoms with Gasteiger partial charge in [-0.15, -0.1) is 11.3 Å². The van der Waals surface area contributed by atoms with Crippen molar-refractivity contribution in [3.05, 3.63) is 82.2 Å². The summed E-state index contributed by atoms with van der Waals surface area (Å²) in [6.45, 7) is 1.22. The van der Waals surface area contributed by atoms with Crippen LogP contribution in [0.3, 0.4) is 0 Å². The summed E-state index contributed by atoms with van der Waals surface area (Å²) >= 11 is 6.95. The van der Waals surface area contributed by atoms with E-state index in [9.17, 15) is 9.59 Å². The summed E-state index contributed by atoms with van der Waals surface area (Å²) < 4.78 is 0. The molecule has 1 aliphatic heterocycles. The fourth-order valence-electron chi connectivity index (χ4n) is 3.41. The predicted molar refractivity (Wildman–Crippen MR) is 124 cm³/mol. The van der Waals surface area contributed by atoms with Gasteiger partial charge in [0.15, 0.2) is 5.11 Å². The van der Waals surface area contributed by atoms with Crippen LogP contribution in [0.1, 0.15) is 31.2 Å². The van der Waals surface area contributed by atoms with E-state index in [4.69, 9.17) is 18.0 Å². The maximum atomic E-state index is 12.6. The summed E-state index contributed by atoms with van der Waals surface area (Å²) in [7, 11) is 0. The molecule has 1 aromatic heterocycles. The quantitative estimate of drug-likeness (QED) is 0.541. The van der Waals surface area contributed by atoms with E-state index in [2.05, 4.69) is 15.5 Å². The maximum absolute atomic E-state index is 12.6. The van der Waals surface area contributed by atoms with Crippen molar-refractivity contribution in [1.82, 2.24) is 4.90 Å². The van der Waals surface area contributed by atoms with Crippen molar-refractivity contribution in [2.45, 2.75) is 13.0 Å². The molecule has 6 nitrogen and oxygen atoms in total. The molecule has 0 spiro atoms. The molecule has 0 radical (unpaired) electrons. The van der Waals surface area contributed by atoms with E-state index < -0.39 is 5.91 Å². The third kappa shape index (κ3) is 4.19. The zero-order valence-corrected chi connectivity index (χ0v) is 17.7. The molecule has 0 atom stereocenters. The number of benzene rings is 2. The molecule has 0 saturated carbocycles. The van der Waals surface area contributed by atoms with Gasteiger partial charge in [-0.05, 0) is 48.5 Å². The number of carbonyl (C=O) groups excluding carboxylic acids is 2. The second-order valence-electron chi connectivity index (χ2n) is 6.86. The van der Waals surface area contributed by atoms with Gasteiger partial charge in [0.1, 0.15) is 5.00 Å². The topological polar surface area (TPSA) is 87.5 Å². The summed E-state index contributed by atoms with van der Waals surface area (Å²) in [4.78, 5) is 27.8. The molecule has 0 aliphatic carbocycles. The number of hydrogen-bond donors (Lipinski definition) is 3. The van der Waals surface area contributed by atoms with Crippen LogP contribution in [0, 0.1) is 0 Å². The van der Waals surface area contributed by atoms with E-state index in [0.717, 1.165) is 16.1 Å². The molecular formula is C22H20N4O2S2. The minimum Gasteiger partial charge on any atom is -0.365 e. The zero-order chi connectivity index (χ0) is 21.1. The van der Waals surface area contributed by atoms with Crippen LogP contribution in [0.25, 0.3) is 0 Å². The molecule has 2 aromatic carbocycles. The number of hydrogen-bond acceptors (Lipinski definition) is 4. The second kappa shape index (κ2) is 8.64. The van der Waals surface area contributed by atoms with Crippen molar-refractivity contribution in [2.24, 2.45) is 5.73 Å². The molecule has 30 heavy (non-hydrogen) atoms. The van der Waals surface area contributed by atoms with Crippen molar-refractivity contribution in [2.75, 3.05) is 17.2 Å². The molecular weight excluding hydrogens is 416 g/mol. The van der Waals surface area contributed by atoms with Gasteiger partial charge in [-0.25, -0.2) is 0 Å². The number of thiophene rings is 1. The maximum Gasteiger partial charge on any atom is 0.256 e. The summed E-state index contributed by atoms with van der Waals surface area (Å²) in [6, 6.07) is 18.6. The van der Waals surface area contributed by atoms with Gasteiger partial charge in [0.2, 0.25) is 0 Å². The SMILES string of the molecule is NC(=O)c1c(NC(=O)c2ccccc2)sc2c1CCN(C(=S)Nc1ccccc1)C2. The van der Waals surface area contributed by atoms with Crippen molar-refractivity contribution >= 4 is 51.2 Å². The first-order valence-corrected chi connectivity index (χ1v) is 10.7.